The standard InChI is InChI=1S/C76H148O17P2/c1-8-10-11-12-13-14-15-25-31-36-45-52-59-75(80)93-72(64-87-74(79)58-51-44-39-38-42-49-56-69(7)9-2)66-91-95(84,85)89-62-70(77)61-88-94(82,83)90-65-71(63-86-73(78)57-50-43-35-30-27-22-24-29-34-41-48-55-68(5)6)92-76(81)60-53-46-37-32-26-21-19-17-16-18-20-23-28-33-40-47-54-67(3)4/h67-72,77H,8-66H2,1-7H3,(H,82,83)(H,84,85)/t69?,70-,71-,72-/m1/s1. The lowest BCUT2D eigenvalue weighted by atomic mass is 10.00. The molecule has 0 bridgehead atoms. The Morgan fingerprint density at radius 1 is 0.305 bits per heavy atom. The molecule has 0 aliphatic heterocycles. The SMILES string of the molecule is CCCCCCCCCCCCCCC(=O)O[C@H](COC(=O)CCCCCCCCC(C)CC)COP(=O)(O)OC[C@H](O)COP(=O)(O)OC[C@@H](COC(=O)CCCCCCCCCCCCCC(C)C)OC(=O)CCCCCCCCCCCCCCCCCCC(C)C. The Morgan fingerprint density at radius 3 is 0.800 bits per heavy atom. The minimum Gasteiger partial charge on any atom is -0.462 e. The molecule has 0 spiro atoms. The molecule has 0 radical (unpaired) electrons. The van der Waals surface area contributed by atoms with Gasteiger partial charge in [-0.3, -0.25) is 37.3 Å². The molecule has 0 saturated carbocycles. The lowest BCUT2D eigenvalue weighted by Gasteiger charge is -2.21. The smallest absolute Gasteiger partial charge is 0.462 e. The second-order valence-corrected chi connectivity index (χ2v) is 31.5. The zero-order valence-electron chi connectivity index (χ0n) is 62.1. The topological polar surface area (TPSA) is 237 Å². The van der Waals surface area contributed by atoms with Gasteiger partial charge < -0.3 is 33.8 Å². The van der Waals surface area contributed by atoms with Gasteiger partial charge in [-0.25, -0.2) is 9.13 Å². The van der Waals surface area contributed by atoms with Crippen molar-refractivity contribution >= 4 is 39.5 Å². The third-order valence-electron chi connectivity index (χ3n) is 18.0. The number of aliphatic hydroxyl groups is 1. The Bertz CT molecular complexity index is 1850. The van der Waals surface area contributed by atoms with Crippen LogP contribution in [0.3, 0.4) is 0 Å². The fourth-order valence-corrected chi connectivity index (χ4v) is 13.1. The van der Waals surface area contributed by atoms with Crippen LogP contribution < -0.4 is 0 Å². The first-order chi connectivity index (χ1) is 45.8. The Balaban J connectivity index is 5.24. The van der Waals surface area contributed by atoms with Gasteiger partial charge in [0.2, 0.25) is 0 Å². The first-order valence-corrected chi connectivity index (χ1v) is 42.4. The fourth-order valence-electron chi connectivity index (χ4n) is 11.6. The molecule has 564 valence electrons. The van der Waals surface area contributed by atoms with Crippen molar-refractivity contribution in [3.05, 3.63) is 0 Å². The van der Waals surface area contributed by atoms with Gasteiger partial charge in [-0.1, -0.05) is 337 Å². The molecule has 3 unspecified atom stereocenters. The summed E-state index contributed by atoms with van der Waals surface area (Å²) in [5.41, 5.74) is 0. The Kier molecular flexibility index (Phi) is 65.2. The summed E-state index contributed by atoms with van der Waals surface area (Å²) in [7, 11) is -9.91. The van der Waals surface area contributed by atoms with Crippen molar-refractivity contribution in [1.82, 2.24) is 0 Å². The van der Waals surface area contributed by atoms with Crippen LogP contribution in [0.4, 0.5) is 0 Å². The van der Waals surface area contributed by atoms with E-state index in [0.717, 1.165) is 114 Å². The van der Waals surface area contributed by atoms with Gasteiger partial charge in [0.25, 0.3) is 0 Å². The highest BCUT2D eigenvalue weighted by Gasteiger charge is 2.30. The highest BCUT2D eigenvalue weighted by Crippen LogP contribution is 2.45. The number of phosphoric acid groups is 2. The minimum atomic E-state index is -4.96. The summed E-state index contributed by atoms with van der Waals surface area (Å²) >= 11 is 0. The predicted molar refractivity (Wildman–Crippen MR) is 386 cm³/mol. The zero-order chi connectivity index (χ0) is 70.1. The van der Waals surface area contributed by atoms with E-state index in [-0.39, 0.29) is 25.7 Å². The van der Waals surface area contributed by atoms with E-state index in [2.05, 4.69) is 48.5 Å². The number of unbranched alkanes of at least 4 members (excludes halogenated alkanes) is 41. The Labute approximate surface area is 581 Å². The normalized spacial score (nSPS) is 14.4. The number of esters is 4. The van der Waals surface area contributed by atoms with Crippen molar-refractivity contribution in [3.63, 3.8) is 0 Å². The van der Waals surface area contributed by atoms with E-state index in [1.54, 1.807) is 0 Å². The van der Waals surface area contributed by atoms with Crippen LogP contribution in [0.25, 0.3) is 0 Å². The van der Waals surface area contributed by atoms with Crippen molar-refractivity contribution in [2.75, 3.05) is 39.6 Å². The lowest BCUT2D eigenvalue weighted by Crippen LogP contribution is -2.30. The third-order valence-corrected chi connectivity index (χ3v) is 19.9. The second kappa shape index (κ2) is 66.6. The van der Waals surface area contributed by atoms with Gasteiger partial charge >= 0.3 is 39.5 Å². The number of rotatable bonds is 74. The summed E-state index contributed by atoms with van der Waals surface area (Å²) in [5, 5.41) is 10.6. The molecule has 3 N–H and O–H groups in total. The highest BCUT2D eigenvalue weighted by atomic mass is 31.2. The average molecular weight is 1400 g/mol. The van der Waals surface area contributed by atoms with Crippen LogP contribution in [0.5, 0.6) is 0 Å². The molecule has 95 heavy (non-hydrogen) atoms. The molecule has 0 aliphatic rings. The van der Waals surface area contributed by atoms with Gasteiger partial charge in [0, 0.05) is 25.7 Å². The van der Waals surface area contributed by atoms with Crippen LogP contribution in [0, 0.1) is 17.8 Å². The molecular formula is C76H148O17P2. The summed E-state index contributed by atoms with van der Waals surface area (Å²) in [6.07, 6.45) is 52.7. The summed E-state index contributed by atoms with van der Waals surface area (Å²) in [4.78, 5) is 72.8. The van der Waals surface area contributed by atoms with Gasteiger partial charge in [-0.15, -0.1) is 0 Å². The number of carbonyl (C=O) groups is 4. The summed E-state index contributed by atoms with van der Waals surface area (Å²) in [5.74, 6) is 0.194. The van der Waals surface area contributed by atoms with Gasteiger partial charge in [-0.05, 0) is 43.4 Å². The number of aliphatic hydroxyl groups excluding tert-OH is 1. The molecule has 0 aromatic heterocycles. The Morgan fingerprint density at radius 2 is 0.537 bits per heavy atom. The van der Waals surface area contributed by atoms with E-state index in [9.17, 15) is 43.2 Å². The molecule has 0 rings (SSSR count). The monoisotopic (exact) mass is 1400 g/mol. The zero-order valence-corrected chi connectivity index (χ0v) is 63.9. The summed E-state index contributed by atoms with van der Waals surface area (Å²) in [6, 6.07) is 0. The van der Waals surface area contributed by atoms with Crippen molar-refractivity contribution in [1.29, 1.82) is 0 Å². The second-order valence-electron chi connectivity index (χ2n) is 28.6. The molecule has 0 aromatic rings. The lowest BCUT2D eigenvalue weighted by molar-refractivity contribution is -0.161. The van der Waals surface area contributed by atoms with Crippen molar-refractivity contribution in [2.24, 2.45) is 17.8 Å². The minimum absolute atomic E-state index is 0.106. The van der Waals surface area contributed by atoms with Crippen molar-refractivity contribution in [2.45, 2.75) is 407 Å². The molecule has 0 heterocycles. The molecule has 0 saturated heterocycles. The molecule has 0 fully saturated rings. The van der Waals surface area contributed by atoms with Crippen LogP contribution in [-0.2, 0) is 65.4 Å². The molecule has 0 amide bonds. The molecule has 0 aromatic carbocycles. The maximum absolute atomic E-state index is 13.1. The van der Waals surface area contributed by atoms with E-state index in [4.69, 9.17) is 37.0 Å². The molecule has 6 atom stereocenters. The van der Waals surface area contributed by atoms with Crippen LogP contribution in [0.1, 0.15) is 389 Å². The average Bonchev–Trinajstić information content (AvgIpc) is 3.35. The highest BCUT2D eigenvalue weighted by molar-refractivity contribution is 7.47. The van der Waals surface area contributed by atoms with E-state index < -0.39 is 97.5 Å². The van der Waals surface area contributed by atoms with Crippen LogP contribution in [0.15, 0.2) is 0 Å². The first kappa shape index (κ1) is 93.1. The molecule has 17 nitrogen and oxygen atoms in total. The summed E-state index contributed by atoms with van der Waals surface area (Å²) < 4.78 is 68.5. The fraction of sp³-hybridized carbons (Fsp3) is 0.947. The van der Waals surface area contributed by atoms with E-state index in [0.29, 0.717) is 25.7 Å². The van der Waals surface area contributed by atoms with Crippen molar-refractivity contribution < 1.29 is 80.2 Å². The van der Waals surface area contributed by atoms with E-state index >= 15 is 0 Å². The van der Waals surface area contributed by atoms with Gasteiger partial charge in [0.05, 0.1) is 26.4 Å². The number of phosphoric ester groups is 2. The molecule has 0 aliphatic carbocycles. The Hall–Kier alpha value is -1.94. The van der Waals surface area contributed by atoms with Gasteiger partial charge in [0.15, 0.2) is 12.2 Å². The van der Waals surface area contributed by atoms with Gasteiger partial charge in [-0.2, -0.15) is 0 Å². The maximum atomic E-state index is 13.1. The first-order valence-electron chi connectivity index (χ1n) is 39.4. The van der Waals surface area contributed by atoms with Crippen LogP contribution in [0.2, 0.25) is 0 Å². The predicted octanol–water partition coefficient (Wildman–Crippen LogP) is 22.2. The molecular weight excluding hydrogens is 1250 g/mol. The number of ether oxygens (including phenoxy) is 4. The maximum Gasteiger partial charge on any atom is 0.472 e. The van der Waals surface area contributed by atoms with E-state index in [1.807, 2.05) is 0 Å². The van der Waals surface area contributed by atoms with Crippen molar-refractivity contribution in [3.8, 4) is 0 Å². The van der Waals surface area contributed by atoms with Gasteiger partial charge in [0.1, 0.15) is 19.3 Å². The number of hydrogen-bond acceptors (Lipinski definition) is 15. The largest absolute Gasteiger partial charge is 0.472 e. The van der Waals surface area contributed by atoms with E-state index in [1.165, 1.54) is 193 Å². The quantitative estimate of drug-likeness (QED) is 0.0222. The molecule has 19 heteroatoms. The van der Waals surface area contributed by atoms with Crippen LogP contribution >= 0.6 is 15.6 Å². The number of carbonyl (C=O) groups excluding carboxylic acids is 4. The van der Waals surface area contributed by atoms with Crippen LogP contribution in [-0.4, -0.2) is 96.7 Å². The number of hydrogen-bond donors (Lipinski definition) is 3. The third kappa shape index (κ3) is 69.0. The summed E-state index contributed by atoms with van der Waals surface area (Å²) in [6.45, 7) is 11.9.